The Labute approximate surface area is 83.6 Å². The van der Waals surface area contributed by atoms with Crippen molar-refractivity contribution in [1.29, 1.82) is 0 Å². The van der Waals surface area contributed by atoms with Gasteiger partial charge in [-0.3, -0.25) is 0 Å². The highest BCUT2D eigenvalue weighted by atomic mass is 16.5. The van der Waals surface area contributed by atoms with E-state index in [1.807, 2.05) is 13.0 Å². The van der Waals surface area contributed by atoms with Gasteiger partial charge in [-0.15, -0.1) is 0 Å². The van der Waals surface area contributed by atoms with E-state index in [0.717, 1.165) is 0 Å². The molecule has 0 aliphatic rings. The Morgan fingerprint density at radius 1 is 1.21 bits per heavy atom. The third-order valence-corrected chi connectivity index (χ3v) is 1.90. The second-order valence-electron chi connectivity index (χ2n) is 2.74. The first-order valence-corrected chi connectivity index (χ1v) is 4.31. The maximum Gasteiger partial charge on any atom is 0.203 e. The highest BCUT2D eigenvalue weighted by Gasteiger charge is 2.11. The van der Waals surface area contributed by atoms with Gasteiger partial charge in [0.05, 0.1) is 14.2 Å². The van der Waals surface area contributed by atoms with Crippen LogP contribution >= 0.6 is 0 Å². The van der Waals surface area contributed by atoms with Crippen molar-refractivity contribution in [3.8, 4) is 17.2 Å². The monoisotopic (exact) mass is 194 g/mol. The van der Waals surface area contributed by atoms with Gasteiger partial charge in [0, 0.05) is 5.56 Å². The number of phenolic OH excluding ortho intramolecular Hbond substituents is 1. The third-order valence-electron chi connectivity index (χ3n) is 1.90. The minimum atomic E-state index is 0.102. The molecule has 0 aromatic heterocycles. The Kier molecular flexibility index (Phi) is 3.40. The molecule has 3 heteroatoms. The van der Waals surface area contributed by atoms with Crippen LogP contribution in [-0.2, 0) is 0 Å². The Hall–Kier alpha value is -1.64. The van der Waals surface area contributed by atoms with Crippen LogP contribution in [0.3, 0.4) is 0 Å². The van der Waals surface area contributed by atoms with E-state index < -0.39 is 0 Å². The predicted octanol–water partition coefficient (Wildman–Crippen LogP) is 2.44. The van der Waals surface area contributed by atoms with Crippen molar-refractivity contribution in [3.63, 3.8) is 0 Å². The second kappa shape index (κ2) is 4.56. The summed E-state index contributed by atoms with van der Waals surface area (Å²) in [6, 6.07) is 3.53. The molecule has 0 spiro atoms. The van der Waals surface area contributed by atoms with Gasteiger partial charge in [0.1, 0.15) is 0 Å². The van der Waals surface area contributed by atoms with E-state index in [1.54, 1.807) is 18.2 Å². The van der Waals surface area contributed by atoms with Gasteiger partial charge < -0.3 is 14.6 Å². The minimum absolute atomic E-state index is 0.102. The standard InChI is InChI=1S/C11H14O3/c1-4-5-8-6-7-9(13-2)11(14-3)10(8)12/h4-7,12H,1-3H3/b5-4+. The first-order chi connectivity index (χ1) is 6.74. The van der Waals surface area contributed by atoms with E-state index in [1.165, 1.54) is 14.2 Å². The number of ether oxygens (including phenoxy) is 2. The number of hydrogen-bond acceptors (Lipinski definition) is 3. The van der Waals surface area contributed by atoms with Crippen LogP contribution < -0.4 is 9.47 Å². The van der Waals surface area contributed by atoms with Gasteiger partial charge in [0.2, 0.25) is 5.75 Å². The molecule has 3 nitrogen and oxygen atoms in total. The topological polar surface area (TPSA) is 38.7 Å². The highest BCUT2D eigenvalue weighted by Crippen LogP contribution is 2.39. The van der Waals surface area contributed by atoms with Gasteiger partial charge in [-0.2, -0.15) is 0 Å². The molecular formula is C11H14O3. The Bertz CT molecular complexity index is 343. The van der Waals surface area contributed by atoms with Crippen molar-refractivity contribution in [2.75, 3.05) is 14.2 Å². The summed E-state index contributed by atoms with van der Waals surface area (Å²) in [4.78, 5) is 0. The zero-order valence-corrected chi connectivity index (χ0v) is 8.57. The molecule has 1 aromatic rings. The van der Waals surface area contributed by atoms with Gasteiger partial charge >= 0.3 is 0 Å². The molecule has 0 fully saturated rings. The van der Waals surface area contributed by atoms with Gasteiger partial charge in [-0.25, -0.2) is 0 Å². The van der Waals surface area contributed by atoms with Crippen LogP contribution in [0.1, 0.15) is 12.5 Å². The molecule has 0 radical (unpaired) electrons. The van der Waals surface area contributed by atoms with Crippen molar-refractivity contribution in [3.05, 3.63) is 23.8 Å². The molecular weight excluding hydrogens is 180 g/mol. The van der Waals surface area contributed by atoms with E-state index >= 15 is 0 Å². The lowest BCUT2D eigenvalue weighted by Crippen LogP contribution is -1.91. The fourth-order valence-electron chi connectivity index (χ4n) is 1.24. The van der Waals surface area contributed by atoms with E-state index in [0.29, 0.717) is 17.1 Å². The van der Waals surface area contributed by atoms with Crippen LogP contribution in [0.5, 0.6) is 17.2 Å². The van der Waals surface area contributed by atoms with Crippen LogP contribution in [0, 0.1) is 0 Å². The van der Waals surface area contributed by atoms with Crippen LogP contribution in [-0.4, -0.2) is 19.3 Å². The molecule has 1 rings (SSSR count). The molecule has 0 aliphatic carbocycles. The minimum Gasteiger partial charge on any atom is -0.504 e. The van der Waals surface area contributed by atoms with E-state index in [2.05, 4.69) is 0 Å². The second-order valence-corrected chi connectivity index (χ2v) is 2.74. The first-order valence-electron chi connectivity index (χ1n) is 4.31. The summed E-state index contributed by atoms with van der Waals surface area (Å²) in [5.74, 6) is 0.992. The zero-order valence-electron chi connectivity index (χ0n) is 8.57. The largest absolute Gasteiger partial charge is 0.504 e. The average Bonchev–Trinajstić information content (AvgIpc) is 2.21. The lowest BCUT2D eigenvalue weighted by molar-refractivity contribution is 0.333. The van der Waals surface area contributed by atoms with Crippen molar-refractivity contribution in [1.82, 2.24) is 0 Å². The summed E-state index contributed by atoms with van der Waals surface area (Å²) < 4.78 is 10.1. The zero-order chi connectivity index (χ0) is 10.6. The number of allylic oxidation sites excluding steroid dienone is 1. The lowest BCUT2D eigenvalue weighted by Gasteiger charge is -2.10. The van der Waals surface area contributed by atoms with Gasteiger partial charge in [0.25, 0.3) is 0 Å². The molecule has 1 N–H and O–H groups in total. The number of methoxy groups -OCH3 is 2. The predicted molar refractivity (Wildman–Crippen MR) is 55.9 cm³/mol. The summed E-state index contributed by atoms with van der Waals surface area (Å²) >= 11 is 0. The summed E-state index contributed by atoms with van der Waals surface area (Å²) in [6.07, 6.45) is 3.65. The molecule has 0 amide bonds. The van der Waals surface area contributed by atoms with Crippen molar-refractivity contribution in [2.45, 2.75) is 6.92 Å². The van der Waals surface area contributed by atoms with Crippen LogP contribution in [0.15, 0.2) is 18.2 Å². The molecule has 14 heavy (non-hydrogen) atoms. The number of benzene rings is 1. The van der Waals surface area contributed by atoms with Crippen LogP contribution in [0.25, 0.3) is 6.08 Å². The van der Waals surface area contributed by atoms with Gasteiger partial charge in [0.15, 0.2) is 11.5 Å². The fourth-order valence-corrected chi connectivity index (χ4v) is 1.24. The van der Waals surface area contributed by atoms with E-state index in [9.17, 15) is 5.11 Å². The van der Waals surface area contributed by atoms with E-state index in [-0.39, 0.29) is 5.75 Å². The normalized spacial score (nSPS) is 10.5. The molecule has 0 heterocycles. The van der Waals surface area contributed by atoms with Crippen molar-refractivity contribution >= 4 is 6.08 Å². The summed E-state index contributed by atoms with van der Waals surface area (Å²) in [7, 11) is 3.03. The molecule has 76 valence electrons. The Morgan fingerprint density at radius 2 is 1.93 bits per heavy atom. The summed E-state index contributed by atoms with van der Waals surface area (Å²) in [6.45, 7) is 1.89. The number of rotatable bonds is 3. The molecule has 0 aliphatic heterocycles. The number of aromatic hydroxyl groups is 1. The molecule has 0 unspecified atom stereocenters. The smallest absolute Gasteiger partial charge is 0.203 e. The molecule has 0 atom stereocenters. The van der Waals surface area contributed by atoms with Crippen molar-refractivity contribution < 1.29 is 14.6 Å². The lowest BCUT2D eigenvalue weighted by atomic mass is 10.1. The molecule has 0 saturated carbocycles. The quantitative estimate of drug-likeness (QED) is 0.803. The van der Waals surface area contributed by atoms with Gasteiger partial charge in [-0.1, -0.05) is 12.2 Å². The molecule has 0 bridgehead atoms. The maximum absolute atomic E-state index is 9.78. The Balaban J connectivity index is 3.27. The third kappa shape index (κ3) is 1.82. The maximum atomic E-state index is 9.78. The fraction of sp³-hybridized carbons (Fsp3) is 0.273. The first kappa shape index (κ1) is 10.4. The average molecular weight is 194 g/mol. The van der Waals surface area contributed by atoms with E-state index in [4.69, 9.17) is 9.47 Å². The molecule has 0 saturated heterocycles. The summed E-state index contributed by atoms with van der Waals surface area (Å²) in [5.41, 5.74) is 0.713. The number of hydrogen-bond donors (Lipinski definition) is 1. The van der Waals surface area contributed by atoms with Crippen LogP contribution in [0.4, 0.5) is 0 Å². The van der Waals surface area contributed by atoms with Crippen molar-refractivity contribution in [2.24, 2.45) is 0 Å². The molecule has 1 aromatic carbocycles. The highest BCUT2D eigenvalue weighted by molar-refractivity contribution is 5.65. The number of phenols is 1. The Morgan fingerprint density at radius 3 is 2.43 bits per heavy atom. The summed E-state index contributed by atoms with van der Waals surface area (Å²) in [5, 5.41) is 9.78. The van der Waals surface area contributed by atoms with Gasteiger partial charge in [-0.05, 0) is 19.1 Å². The SMILES string of the molecule is C/C=C/c1ccc(OC)c(OC)c1O. The van der Waals surface area contributed by atoms with Crippen LogP contribution in [0.2, 0.25) is 0 Å².